The molecule has 1 aromatic carbocycles. The lowest BCUT2D eigenvalue weighted by Gasteiger charge is -2.10. The van der Waals surface area contributed by atoms with Gasteiger partial charge in [0.1, 0.15) is 12.1 Å². The molecule has 0 fully saturated rings. The first-order valence-corrected chi connectivity index (χ1v) is 4.77. The number of anilines is 1. The normalized spacial score (nSPS) is 10.1. The van der Waals surface area contributed by atoms with Gasteiger partial charge in [-0.1, -0.05) is 11.6 Å². The van der Waals surface area contributed by atoms with Crippen LogP contribution in [0.5, 0.6) is 0 Å². The first kappa shape index (κ1) is 13.8. The fourth-order valence-corrected chi connectivity index (χ4v) is 1.23. The topological polar surface area (TPSA) is 72.0 Å². The van der Waals surface area contributed by atoms with Gasteiger partial charge in [-0.15, -0.1) is 0 Å². The van der Waals surface area contributed by atoms with Gasteiger partial charge in [0, 0.05) is 0 Å². The van der Waals surface area contributed by atoms with Crippen LogP contribution < -0.4 is 5.43 Å². The molecule has 92 valence electrons. The highest BCUT2D eigenvalue weighted by atomic mass is 35.5. The predicted octanol–water partition coefficient (Wildman–Crippen LogP) is 3.17. The minimum Gasteiger partial charge on any atom is -0.276 e. The fourth-order valence-electron chi connectivity index (χ4n) is 1.01. The molecule has 0 atom stereocenters. The van der Waals surface area contributed by atoms with E-state index in [1.54, 1.807) is 0 Å². The van der Waals surface area contributed by atoms with Crippen molar-refractivity contribution in [2.45, 2.75) is 6.18 Å². The molecule has 0 heterocycles. The Kier molecular flexibility index (Phi) is 4.13. The molecule has 0 saturated heterocycles. The van der Waals surface area contributed by atoms with Crippen molar-refractivity contribution in [2.75, 3.05) is 5.43 Å². The highest BCUT2D eigenvalue weighted by Gasteiger charge is 2.33. The highest BCUT2D eigenvalue weighted by Crippen LogP contribution is 2.36. The maximum absolute atomic E-state index is 12.5. The summed E-state index contributed by atoms with van der Waals surface area (Å²) in [6, 6.07) is 5.93. The predicted molar refractivity (Wildman–Crippen MR) is 58.7 cm³/mol. The Hall–Kier alpha value is -2.25. The van der Waals surface area contributed by atoms with E-state index in [0.29, 0.717) is 0 Å². The first-order valence-electron chi connectivity index (χ1n) is 4.39. The highest BCUT2D eigenvalue weighted by molar-refractivity contribution is 6.31. The van der Waals surface area contributed by atoms with E-state index in [1.807, 2.05) is 0 Å². The number of benzene rings is 1. The van der Waals surface area contributed by atoms with Crippen LogP contribution in [0.2, 0.25) is 5.02 Å². The van der Waals surface area contributed by atoms with Crippen molar-refractivity contribution in [1.29, 1.82) is 10.5 Å². The molecule has 0 spiro atoms. The summed E-state index contributed by atoms with van der Waals surface area (Å²) in [5.74, 6) is 0. The summed E-state index contributed by atoms with van der Waals surface area (Å²) in [6.07, 6.45) is -4.59. The van der Waals surface area contributed by atoms with Crippen molar-refractivity contribution in [2.24, 2.45) is 5.10 Å². The molecule has 0 aromatic heterocycles. The number of alkyl halides is 3. The molecule has 0 aliphatic rings. The van der Waals surface area contributed by atoms with Gasteiger partial charge >= 0.3 is 6.18 Å². The average molecular weight is 273 g/mol. The fraction of sp³-hybridized carbons (Fsp3) is 0.100. The van der Waals surface area contributed by atoms with Crippen LogP contribution in [0.3, 0.4) is 0 Å². The minimum atomic E-state index is -4.59. The summed E-state index contributed by atoms with van der Waals surface area (Å²) in [7, 11) is 0. The number of hydrazone groups is 1. The molecular weight excluding hydrogens is 269 g/mol. The summed E-state index contributed by atoms with van der Waals surface area (Å²) in [5, 5.41) is 19.6. The van der Waals surface area contributed by atoms with Gasteiger partial charge < -0.3 is 0 Å². The lowest BCUT2D eigenvalue weighted by Crippen LogP contribution is -2.06. The van der Waals surface area contributed by atoms with E-state index >= 15 is 0 Å². The number of nitrogens with zero attached hydrogens (tertiary/aromatic N) is 3. The quantitative estimate of drug-likeness (QED) is 0.664. The Morgan fingerprint density at radius 1 is 1.28 bits per heavy atom. The Morgan fingerprint density at radius 3 is 2.39 bits per heavy atom. The third kappa shape index (κ3) is 3.37. The van der Waals surface area contributed by atoms with Crippen LogP contribution in [0, 0.1) is 22.7 Å². The summed E-state index contributed by atoms with van der Waals surface area (Å²) in [5.41, 5.74) is 0.609. The second kappa shape index (κ2) is 5.39. The van der Waals surface area contributed by atoms with Crippen LogP contribution in [0.4, 0.5) is 18.9 Å². The molecule has 0 bridgehead atoms. The van der Waals surface area contributed by atoms with Crippen LogP contribution >= 0.6 is 11.6 Å². The third-order valence-corrected chi connectivity index (χ3v) is 2.11. The van der Waals surface area contributed by atoms with Crippen molar-refractivity contribution in [1.82, 2.24) is 0 Å². The van der Waals surface area contributed by atoms with Crippen molar-refractivity contribution in [3.63, 3.8) is 0 Å². The summed E-state index contributed by atoms with van der Waals surface area (Å²) < 4.78 is 37.5. The van der Waals surface area contributed by atoms with E-state index in [-0.39, 0.29) is 5.69 Å². The molecule has 1 aromatic rings. The van der Waals surface area contributed by atoms with Gasteiger partial charge in [-0.2, -0.15) is 28.8 Å². The Bertz CT molecular complexity index is 550. The van der Waals surface area contributed by atoms with Gasteiger partial charge in [0.2, 0.25) is 5.71 Å². The molecule has 8 heteroatoms. The lowest BCUT2D eigenvalue weighted by molar-refractivity contribution is -0.137. The molecule has 0 radical (unpaired) electrons. The number of rotatable bonds is 2. The number of nitriles is 2. The van der Waals surface area contributed by atoms with Crippen LogP contribution in [-0.4, -0.2) is 5.71 Å². The van der Waals surface area contributed by atoms with Crippen LogP contribution in [-0.2, 0) is 6.18 Å². The smallest absolute Gasteiger partial charge is 0.276 e. The average Bonchev–Trinajstić information content (AvgIpc) is 2.31. The second-order valence-corrected chi connectivity index (χ2v) is 3.40. The molecule has 0 aliphatic heterocycles. The monoisotopic (exact) mass is 272 g/mol. The summed E-state index contributed by atoms with van der Waals surface area (Å²) in [4.78, 5) is 0. The van der Waals surface area contributed by atoms with Crippen molar-refractivity contribution in [3.8, 4) is 12.1 Å². The SMILES string of the molecule is N#CC(C#N)=NNc1ccc(Cl)c(C(F)(F)F)c1. The van der Waals surface area contributed by atoms with Crippen molar-refractivity contribution >= 4 is 23.0 Å². The number of hydrogen-bond acceptors (Lipinski definition) is 4. The van der Waals surface area contributed by atoms with E-state index in [0.717, 1.165) is 12.1 Å². The Labute approximate surface area is 105 Å². The Morgan fingerprint density at radius 2 is 1.89 bits per heavy atom. The second-order valence-electron chi connectivity index (χ2n) is 2.99. The van der Waals surface area contributed by atoms with Gasteiger partial charge in [-0.3, -0.25) is 5.43 Å². The van der Waals surface area contributed by atoms with Crippen molar-refractivity contribution in [3.05, 3.63) is 28.8 Å². The zero-order chi connectivity index (χ0) is 13.8. The Balaban J connectivity index is 3.05. The molecule has 18 heavy (non-hydrogen) atoms. The van der Waals surface area contributed by atoms with E-state index < -0.39 is 22.5 Å². The van der Waals surface area contributed by atoms with E-state index in [2.05, 4.69) is 10.5 Å². The first-order chi connectivity index (χ1) is 8.38. The van der Waals surface area contributed by atoms with Gasteiger partial charge in [0.05, 0.1) is 16.3 Å². The summed E-state index contributed by atoms with van der Waals surface area (Å²) >= 11 is 5.41. The summed E-state index contributed by atoms with van der Waals surface area (Å²) in [6.45, 7) is 0. The maximum atomic E-state index is 12.5. The van der Waals surface area contributed by atoms with Gasteiger partial charge in [0.25, 0.3) is 0 Å². The lowest BCUT2D eigenvalue weighted by atomic mass is 10.2. The van der Waals surface area contributed by atoms with E-state index in [4.69, 9.17) is 22.1 Å². The number of hydrogen-bond donors (Lipinski definition) is 1. The van der Waals surface area contributed by atoms with Gasteiger partial charge in [-0.25, -0.2) is 0 Å². The van der Waals surface area contributed by atoms with Gasteiger partial charge in [-0.05, 0) is 18.2 Å². The molecule has 0 saturated carbocycles. The molecule has 1 N–H and O–H groups in total. The molecule has 1 rings (SSSR count). The molecule has 0 amide bonds. The van der Waals surface area contributed by atoms with E-state index in [1.165, 1.54) is 18.2 Å². The largest absolute Gasteiger partial charge is 0.417 e. The third-order valence-electron chi connectivity index (χ3n) is 1.78. The zero-order valence-corrected chi connectivity index (χ0v) is 9.34. The standard InChI is InChI=1S/C10H4ClF3N4/c11-9-2-1-6(3-8(9)10(12,13)14)17-18-7(4-15)5-16/h1-3,17H. The maximum Gasteiger partial charge on any atom is 0.417 e. The van der Waals surface area contributed by atoms with Crippen LogP contribution in [0.15, 0.2) is 23.3 Å². The van der Waals surface area contributed by atoms with Crippen molar-refractivity contribution < 1.29 is 13.2 Å². The minimum absolute atomic E-state index is 0.0327. The molecular formula is C10H4ClF3N4. The van der Waals surface area contributed by atoms with Crippen LogP contribution in [0.25, 0.3) is 0 Å². The molecule has 0 unspecified atom stereocenters. The number of halogens is 4. The number of nitrogens with one attached hydrogen (secondary N) is 1. The molecule has 0 aliphatic carbocycles. The molecule has 4 nitrogen and oxygen atoms in total. The zero-order valence-electron chi connectivity index (χ0n) is 8.59. The van der Waals surface area contributed by atoms with Crippen LogP contribution in [0.1, 0.15) is 5.56 Å². The van der Waals surface area contributed by atoms with Gasteiger partial charge in [0.15, 0.2) is 0 Å². The van der Waals surface area contributed by atoms with E-state index in [9.17, 15) is 13.2 Å².